The van der Waals surface area contributed by atoms with E-state index < -0.39 is 0 Å². The first-order valence-corrected chi connectivity index (χ1v) is 5.32. The van der Waals surface area contributed by atoms with Gasteiger partial charge in [-0.2, -0.15) is 5.10 Å². The number of rotatable bonds is 2. The Kier molecular flexibility index (Phi) is 3.06. The van der Waals surface area contributed by atoms with Crippen LogP contribution in [0.4, 0.5) is 0 Å². The van der Waals surface area contributed by atoms with Gasteiger partial charge >= 0.3 is 0 Å². The molecule has 16 heavy (non-hydrogen) atoms. The highest BCUT2D eigenvalue weighted by atomic mass is 35.5. The van der Waals surface area contributed by atoms with Crippen LogP contribution < -0.4 is 0 Å². The van der Waals surface area contributed by atoms with Gasteiger partial charge in [-0.25, -0.2) is 4.68 Å². The average molecular weight is 235 g/mol. The van der Waals surface area contributed by atoms with Gasteiger partial charge in [0.1, 0.15) is 0 Å². The number of benzene rings is 1. The molecule has 1 aromatic carbocycles. The normalized spacial score (nSPS) is 10.4. The van der Waals surface area contributed by atoms with Gasteiger partial charge < -0.3 is 0 Å². The topological polar surface area (TPSA) is 34.9 Å². The number of carbonyl (C=O) groups excluding carboxylic acids is 1. The van der Waals surface area contributed by atoms with E-state index in [-0.39, 0.29) is 5.91 Å². The Morgan fingerprint density at radius 2 is 2.06 bits per heavy atom. The van der Waals surface area contributed by atoms with Gasteiger partial charge in [-0.15, -0.1) is 0 Å². The average Bonchev–Trinajstić information content (AvgIpc) is 2.68. The molecule has 0 N–H and O–H groups in total. The van der Waals surface area contributed by atoms with Gasteiger partial charge in [0.15, 0.2) is 0 Å². The van der Waals surface area contributed by atoms with Gasteiger partial charge in [0.2, 0.25) is 0 Å². The predicted molar refractivity (Wildman–Crippen MR) is 62.7 cm³/mol. The molecule has 1 aromatic heterocycles. The fourth-order valence-electron chi connectivity index (χ4n) is 1.40. The van der Waals surface area contributed by atoms with Gasteiger partial charge in [0, 0.05) is 0 Å². The minimum atomic E-state index is -0.0873. The van der Waals surface area contributed by atoms with Crippen molar-refractivity contribution in [1.29, 1.82) is 0 Å². The molecule has 2 aromatic rings. The molecule has 1 heterocycles. The van der Waals surface area contributed by atoms with Crippen LogP contribution in [0.5, 0.6) is 0 Å². The lowest BCUT2D eigenvalue weighted by Crippen LogP contribution is -2.13. The van der Waals surface area contributed by atoms with Gasteiger partial charge in [0.25, 0.3) is 5.91 Å². The Labute approximate surface area is 98.7 Å². The smallest absolute Gasteiger partial charge is 0.251 e. The van der Waals surface area contributed by atoms with Gasteiger partial charge in [-0.3, -0.25) is 4.79 Å². The van der Waals surface area contributed by atoms with E-state index in [1.807, 2.05) is 31.2 Å². The van der Waals surface area contributed by atoms with Crippen molar-refractivity contribution >= 4 is 17.5 Å². The van der Waals surface area contributed by atoms with Gasteiger partial charge in [0.05, 0.1) is 23.8 Å². The van der Waals surface area contributed by atoms with E-state index in [1.165, 1.54) is 22.6 Å². The van der Waals surface area contributed by atoms with Crippen molar-refractivity contribution < 1.29 is 4.79 Å². The summed E-state index contributed by atoms with van der Waals surface area (Å²) >= 11 is 5.69. The largest absolute Gasteiger partial charge is 0.272 e. The third kappa shape index (κ3) is 2.49. The fraction of sp³-hybridized carbons (Fsp3) is 0.167. The molecule has 4 heteroatoms. The van der Waals surface area contributed by atoms with Crippen LogP contribution in [-0.2, 0) is 6.42 Å². The molecule has 0 spiro atoms. The van der Waals surface area contributed by atoms with Crippen LogP contribution in [-0.4, -0.2) is 15.7 Å². The molecule has 0 bridgehead atoms. The molecule has 0 aliphatic rings. The molecule has 0 saturated heterocycles. The third-order valence-corrected chi connectivity index (χ3v) is 2.48. The summed E-state index contributed by atoms with van der Waals surface area (Å²) in [6.07, 6.45) is 3.30. The van der Waals surface area contributed by atoms with E-state index >= 15 is 0 Å². The molecular formula is C12H11ClN2O. The van der Waals surface area contributed by atoms with Crippen LogP contribution in [0.1, 0.15) is 15.9 Å². The lowest BCUT2D eigenvalue weighted by atomic mass is 10.1. The van der Waals surface area contributed by atoms with Crippen LogP contribution in [0.25, 0.3) is 0 Å². The second kappa shape index (κ2) is 4.49. The summed E-state index contributed by atoms with van der Waals surface area (Å²) in [6.45, 7) is 2.01. The number of halogens is 1. The van der Waals surface area contributed by atoms with Crippen LogP contribution in [0.15, 0.2) is 36.7 Å². The molecule has 0 aliphatic heterocycles. The molecule has 0 unspecified atom stereocenters. The van der Waals surface area contributed by atoms with Crippen molar-refractivity contribution in [2.24, 2.45) is 0 Å². The van der Waals surface area contributed by atoms with E-state index in [2.05, 4.69) is 5.10 Å². The Hall–Kier alpha value is -1.61. The van der Waals surface area contributed by atoms with Crippen molar-refractivity contribution in [1.82, 2.24) is 9.78 Å². The Balaban J connectivity index is 2.10. The number of aromatic nitrogens is 2. The number of hydrogen-bond acceptors (Lipinski definition) is 2. The molecule has 0 amide bonds. The first kappa shape index (κ1) is 10.9. The van der Waals surface area contributed by atoms with E-state index in [9.17, 15) is 4.79 Å². The van der Waals surface area contributed by atoms with E-state index in [1.54, 1.807) is 0 Å². The summed E-state index contributed by atoms with van der Waals surface area (Å²) in [5, 5.41) is 4.33. The zero-order valence-electron chi connectivity index (χ0n) is 8.85. The first-order valence-electron chi connectivity index (χ1n) is 4.94. The van der Waals surface area contributed by atoms with Crippen molar-refractivity contribution in [2.75, 3.05) is 0 Å². The predicted octanol–water partition coefficient (Wildman–Crippen LogP) is 2.73. The lowest BCUT2D eigenvalue weighted by Gasteiger charge is -2.01. The summed E-state index contributed by atoms with van der Waals surface area (Å²) in [7, 11) is 0. The van der Waals surface area contributed by atoms with E-state index in [0.29, 0.717) is 11.4 Å². The van der Waals surface area contributed by atoms with Gasteiger partial charge in [-0.1, -0.05) is 41.4 Å². The summed E-state index contributed by atoms with van der Waals surface area (Å²) in [5.41, 5.74) is 2.15. The summed E-state index contributed by atoms with van der Waals surface area (Å²) in [4.78, 5) is 11.8. The quantitative estimate of drug-likeness (QED) is 0.801. The fourth-order valence-corrected chi connectivity index (χ4v) is 1.53. The number of carbonyl (C=O) groups is 1. The molecule has 2 rings (SSSR count). The Morgan fingerprint density at radius 1 is 1.38 bits per heavy atom. The summed E-state index contributed by atoms with van der Waals surface area (Å²) < 4.78 is 1.27. The van der Waals surface area contributed by atoms with Crippen molar-refractivity contribution in [3.63, 3.8) is 0 Å². The lowest BCUT2D eigenvalue weighted by molar-refractivity contribution is 0.0898. The molecule has 82 valence electrons. The first-order chi connectivity index (χ1) is 7.65. The molecule has 0 saturated carbocycles. The second-order valence-corrected chi connectivity index (χ2v) is 4.10. The second-order valence-electron chi connectivity index (χ2n) is 3.66. The van der Waals surface area contributed by atoms with E-state index in [0.717, 1.165) is 5.56 Å². The number of nitrogens with zero attached hydrogens (tertiary/aromatic N) is 2. The van der Waals surface area contributed by atoms with Crippen LogP contribution in [0, 0.1) is 6.92 Å². The zero-order valence-corrected chi connectivity index (χ0v) is 9.61. The number of hydrogen-bond donors (Lipinski definition) is 0. The molecule has 3 nitrogen and oxygen atoms in total. The minimum Gasteiger partial charge on any atom is -0.272 e. The third-order valence-electron chi connectivity index (χ3n) is 2.28. The monoisotopic (exact) mass is 234 g/mol. The molecular weight excluding hydrogens is 224 g/mol. The Morgan fingerprint density at radius 3 is 2.62 bits per heavy atom. The standard InChI is InChI=1S/C12H11ClN2O/c1-9-2-4-10(5-3-9)6-12(16)15-8-11(13)7-14-15/h2-5,7-8H,6H2,1H3. The van der Waals surface area contributed by atoms with Crippen molar-refractivity contribution in [3.8, 4) is 0 Å². The van der Waals surface area contributed by atoms with Gasteiger partial charge in [-0.05, 0) is 12.5 Å². The summed E-state index contributed by atoms with van der Waals surface area (Å²) in [5.74, 6) is -0.0873. The highest BCUT2D eigenvalue weighted by Crippen LogP contribution is 2.08. The highest BCUT2D eigenvalue weighted by molar-refractivity contribution is 6.30. The molecule has 0 fully saturated rings. The molecule has 0 aliphatic carbocycles. The zero-order chi connectivity index (χ0) is 11.5. The maximum atomic E-state index is 11.8. The molecule has 0 atom stereocenters. The summed E-state index contributed by atoms with van der Waals surface area (Å²) in [6, 6.07) is 7.86. The van der Waals surface area contributed by atoms with Crippen LogP contribution >= 0.6 is 11.6 Å². The maximum Gasteiger partial charge on any atom is 0.251 e. The van der Waals surface area contributed by atoms with Crippen molar-refractivity contribution in [3.05, 3.63) is 52.8 Å². The Bertz CT molecular complexity index is 502. The maximum absolute atomic E-state index is 11.8. The van der Waals surface area contributed by atoms with E-state index in [4.69, 9.17) is 11.6 Å². The molecule has 0 radical (unpaired) electrons. The van der Waals surface area contributed by atoms with Crippen molar-refractivity contribution in [2.45, 2.75) is 13.3 Å². The van der Waals surface area contributed by atoms with Crippen LogP contribution in [0.2, 0.25) is 5.02 Å². The van der Waals surface area contributed by atoms with Crippen LogP contribution in [0.3, 0.4) is 0 Å². The SMILES string of the molecule is Cc1ccc(CC(=O)n2cc(Cl)cn2)cc1. The number of aryl methyl sites for hydroxylation is 1. The highest BCUT2D eigenvalue weighted by Gasteiger charge is 2.07. The minimum absolute atomic E-state index is 0.0873.